The number of rotatable bonds is 14. The highest BCUT2D eigenvalue weighted by atomic mass is 16.7. The first kappa shape index (κ1) is 38.0. The third-order valence-electron chi connectivity index (χ3n) is 8.01. The zero-order valence-corrected chi connectivity index (χ0v) is 26.7. The summed E-state index contributed by atoms with van der Waals surface area (Å²) < 4.78 is 32.8. The summed E-state index contributed by atoms with van der Waals surface area (Å²) >= 11 is 0. The van der Waals surface area contributed by atoms with Crippen molar-refractivity contribution < 1.29 is 79.2 Å². The Morgan fingerprint density at radius 1 is 0.714 bits per heavy atom. The lowest BCUT2D eigenvalue weighted by Gasteiger charge is -2.39. The molecule has 2 aliphatic rings. The van der Waals surface area contributed by atoms with E-state index in [4.69, 9.17) is 28.4 Å². The largest absolute Gasteiger partial charge is 0.508 e. The minimum Gasteiger partial charge on any atom is -0.508 e. The first-order valence-corrected chi connectivity index (χ1v) is 15.3. The number of hydrogen-bond donors (Lipinski definition) is 9. The molecule has 16 heteroatoms. The van der Waals surface area contributed by atoms with Gasteiger partial charge in [-0.25, -0.2) is 0 Å². The van der Waals surface area contributed by atoms with Crippen molar-refractivity contribution in [2.45, 2.75) is 74.3 Å². The van der Waals surface area contributed by atoms with E-state index in [1.54, 1.807) is 24.3 Å². The third-order valence-corrected chi connectivity index (χ3v) is 8.01. The fraction of sp³-hybridized carbons (Fsp3) is 0.485. The van der Waals surface area contributed by atoms with E-state index < -0.39 is 74.6 Å². The van der Waals surface area contributed by atoms with Gasteiger partial charge in [0.25, 0.3) is 0 Å². The number of ether oxygens (including phenoxy) is 6. The summed E-state index contributed by atoms with van der Waals surface area (Å²) in [4.78, 5) is 12.6. The van der Waals surface area contributed by atoms with Crippen molar-refractivity contribution in [1.29, 1.82) is 0 Å². The van der Waals surface area contributed by atoms with Crippen molar-refractivity contribution in [2.24, 2.45) is 0 Å². The first-order valence-electron chi connectivity index (χ1n) is 15.3. The van der Waals surface area contributed by atoms with E-state index in [9.17, 15) is 50.8 Å². The highest BCUT2D eigenvalue weighted by molar-refractivity contribution is 5.90. The molecule has 4 rings (SSSR count). The Morgan fingerprint density at radius 3 is 1.73 bits per heavy atom. The van der Waals surface area contributed by atoms with Crippen molar-refractivity contribution in [3.63, 3.8) is 0 Å². The first-order chi connectivity index (χ1) is 23.4. The Balaban J connectivity index is 1.33. The second-order valence-corrected chi connectivity index (χ2v) is 11.4. The van der Waals surface area contributed by atoms with Crippen molar-refractivity contribution in [3.05, 3.63) is 65.4 Å². The molecule has 49 heavy (non-hydrogen) atoms. The van der Waals surface area contributed by atoms with Crippen LogP contribution >= 0.6 is 0 Å². The van der Waals surface area contributed by atoms with E-state index in [1.165, 1.54) is 38.5 Å². The van der Waals surface area contributed by atoms with Crippen LogP contribution in [0.1, 0.15) is 17.5 Å². The van der Waals surface area contributed by atoms with Crippen LogP contribution in [0.25, 0.3) is 6.08 Å². The Morgan fingerprint density at radius 2 is 1.22 bits per heavy atom. The second kappa shape index (κ2) is 17.2. The number of ketones is 1. The lowest BCUT2D eigenvalue weighted by atomic mass is 9.99. The van der Waals surface area contributed by atoms with Crippen LogP contribution in [0, 0.1) is 0 Å². The molecule has 0 aliphatic carbocycles. The van der Waals surface area contributed by atoms with Crippen LogP contribution in [0.2, 0.25) is 0 Å². The predicted octanol–water partition coefficient (Wildman–Crippen LogP) is -1.28. The average molecular weight is 695 g/mol. The molecule has 16 nitrogen and oxygen atoms in total. The number of allylic oxidation sites excluding steroid dienone is 2. The molecule has 2 aromatic carbocycles. The number of methoxy groups -OCH3 is 2. The smallest absolute Gasteiger partial charge is 0.229 e. The topological polar surface area (TPSA) is 255 Å². The molecule has 2 aliphatic heterocycles. The summed E-state index contributed by atoms with van der Waals surface area (Å²) in [6.45, 7) is -1.22. The summed E-state index contributed by atoms with van der Waals surface area (Å²) in [7, 11) is 2.75. The van der Waals surface area contributed by atoms with Crippen LogP contribution in [0.15, 0.2) is 54.3 Å². The van der Waals surface area contributed by atoms with Gasteiger partial charge in [-0.3, -0.25) is 4.79 Å². The quantitative estimate of drug-likeness (QED) is 0.0634. The van der Waals surface area contributed by atoms with Crippen LogP contribution in [0.3, 0.4) is 0 Å². The maximum Gasteiger partial charge on any atom is 0.229 e. The highest BCUT2D eigenvalue weighted by Gasteiger charge is 2.46. The standard InChI is InChI=1S/C33H42O16/c1-44-22-11-16(5-9-20(22)46-32-30(42)28(40)26(38)24(14-34)48-32)3-7-18(36)13-19(37)8-4-17-6-10-21(23(12-17)45-2)47-33-31(43)29(41)27(39)25(15-35)49-33/h3,5-7,9-13,24-36,38-43H,4,8,14-15H2,1-2H3/b7-3+,18-13-/t24-,25-,26-,27-,28+,29+,30-,31-,32-,33-/m1/s1. The molecule has 9 N–H and O–H groups in total. The number of aliphatic hydroxyl groups excluding tert-OH is 9. The van der Waals surface area contributed by atoms with Gasteiger partial charge in [-0.05, 0) is 47.9 Å². The van der Waals surface area contributed by atoms with Gasteiger partial charge >= 0.3 is 0 Å². The second-order valence-electron chi connectivity index (χ2n) is 11.4. The van der Waals surface area contributed by atoms with Gasteiger partial charge in [-0.15, -0.1) is 0 Å². The Hall–Kier alpha value is -3.81. The molecule has 0 unspecified atom stereocenters. The number of hydrogen-bond acceptors (Lipinski definition) is 16. The molecule has 0 saturated carbocycles. The zero-order valence-electron chi connectivity index (χ0n) is 26.7. The lowest BCUT2D eigenvalue weighted by molar-refractivity contribution is -0.277. The van der Waals surface area contributed by atoms with Crippen molar-refractivity contribution >= 4 is 11.9 Å². The molecule has 2 saturated heterocycles. The van der Waals surface area contributed by atoms with Crippen LogP contribution in [-0.2, 0) is 20.7 Å². The van der Waals surface area contributed by atoms with Crippen LogP contribution in [0.4, 0.5) is 0 Å². The molecule has 2 heterocycles. The Kier molecular flexibility index (Phi) is 13.4. The number of benzene rings is 2. The minimum atomic E-state index is -1.61. The van der Waals surface area contributed by atoms with Gasteiger partial charge in [-0.2, -0.15) is 0 Å². The van der Waals surface area contributed by atoms with Gasteiger partial charge in [0.2, 0.25) is 12.6 Å². The van der Waals surface area contributed by atoms with Crippen LogP contribution in [0.5, 0.6) is 23.0 Å². The molecule has 2 aromatic rings. The Labute approximate surface area is 281 Å². The molecule has 0 aromatic heterocycles. The molecule has 0 spiro atoms. The van der Waals surface area contributed by atoms with E-state index in [0.717, 1.165) is 6.08 Å². The third kappa shape index (κ3) is 9.25. The van der Waals surface area contributed by atoms with Gasteiger partial charge in [0, 0.05) is 12.5 Å². The number of aryl methyl sites for hydroxylation is 1. The van der Waals surface area contributed by atoms with Gasteiger partial charge in [-0.1, -0.05) is 18.2 Å². The molecular weight excluding hydrogens is 652 g/mol. The van der Waals surface area contributed by atoms with Crippen molar-refractivity contribution in [3.8, 4) is 23.0 Å². The molecule has 2 fully saturated rings. The summed E-state index contributed by atoms with van der Waals surface area (Å²) in [6.07, 6.45) is -10.4. The SMILES string of the molecule is COc1cc(/C=C/C(O)=C/C(=O)CCc2ccc(O[C@@H]3O[C@H](CO)[C@@H](O)[C@H](O)[C@H]3O)c(OC)c2)ccc1O[C@@H]1O[C@H](CO)[C@@H](O)[C@H](O)[C@H]1O. The number of aliphatic hydroxyl groups is 9. The monoisotopic (exact) mass is 694 g/mol. The van der Waals surface area contributed by atoms with E-state index in [-0.39, 0.29) is 47.4 Å². The molecule has 270 valence electrons. The molecular formula is C33H42O16. The zero-order chi connectivity index (χ0) is 35.8. The van der Waals surface area contributed by atoms with E-state index in [0.29, 0.717) is 11.1 Å². The fourth-order valence-electron chi connectivity index (χ4n) is 5.16. The minimum absolute atomic E-state index is 0.0335. The van der Waals surface area contributed by atoms with E-state index >= 15 is 0 Å². The summed E-state index contributed by atoms with van der Waals surface area (Å²) in [5.41, 5.74) is 1.23. The number of carbonyl (C=O) groups is 1. The van der Waals surface area contributed by atoms with Gasteiger partial charge in [0.15, 0.2) is 28.8 Å². The normalized spacial score (nSPS) is 30.6. The van der Waals surface area contributed by atoms with Gasteiger partial charge < -0.3 is 74.4 Å². The predicted molar refractivity (Wildman–Crippen MR) is 168 cm³/mol. The van der Waals surface area contributed by atoms with Crippen molar-refractivity contribution in [1.82, 2.24) is 0 Å². The molecule has 0 radical (unpaired) electrons. The lowest BCUT2D eigenvalue weighted by Crippen LogP contribution is -2.60. The van der Waals surface area contributed by atoms with Gasteiger partial charge in [0.05, 0.1) is 27.4 Å². The summed E-state index contributed by atoms with van der Waals surface area (Å²) in [5.74, 6) is 0.0378. The molecule has 0 bridgehead atoms. The summed E-state index contributed by atoms with van der Waals surface area (Å²) in [5, 5.41) is 89.6. The van der Waals surface area contributed by atoms with E-state index in [2.05, 4.69) is 0 Å². The number of carbonyl (C=O) groups excluding carboxylic acids is 1. The highest BCUT2D eigenvalue weighted by Crippen LogP contribution is 2.34. The maximum absolute atomic E-state index is 12.6. The van der Waals surface area contributed by atoms with Crippen molar-refractivity contribution in [2.75, 3.05) is 27.4 Å². The Bertz CT molecular complexity index is 1460. The van der Waals surface area contributed by atoms with E-state index in [1.807, 2.05) is 0 Å². The van der Waals surface area contributed by atoms with Crippen LogP contribution < -0.4 is 18.9 Å². The van der Waals surface area contributed by atoms with Gasteiger partial charge in [0.1, 0.15) is 54.6 Å². The molecule has 0 amide bonds. The fourth-order valence-corrected chi connectivity index (χ4v) is 5.16. The average Bonchev–Trinajstić information content (AvgIpc) is 3.10. The summed E-state index contributed by atoms with van der Waals surface area (Å²) in [6, 6.07) is 9.39. The maximum atomic E-state index is 12.6. The van der Waals surface area contributed by atoms with Crippen LogP contribution in [-0.4, -0.2) is 141 Å². The molecule has 10 atom stereocenters.